The van der Waals surface area contributed by atoms with Crippen LogP contribution in [0.3, 0.4) is 0 Å². The molecule has 0 aromatic heterocycles. The van der Waals surface area contributed by atoms with Gasteiger partial charge in [0.05, 0.1) is 0 Å². The van der Waals surface area contributed by atoms with Crippen molar-refractivity contribution in [2.75, 3.05) is 13.1 Å². The summed E-state index contributed by atoms with van der Waals surface area (Å²) in [4.78, 5) is 0. The average molecular weight is 316 g/mol. The molecule has 1 N–H and O–H groups in total. The van der Waals surface area contributed by atoms with E-state index in [-0.39, 0.29) is 0 Å². The van der Waals surface area contributed by atoms with Gasteiger partial charge in [0.1, 0.15) is 0 Å². The third-order valence-corrected chi connectivity index (χ3v) is 5.86. The van der Waals surface area contributed by atoms with Crippen LogP contribution in [0, 0.1) is 29.6 Å². The predicted molar refractivity (Wildman–Crippen MR) is 103 cm³/mol. The fourth-order valence-electron chi connectivity index (χ4n) is 3.64. The summed E-state index contributed by atoms with van der Waals surface area (Å²) in [6.07, 6.45) is 24.1. The van der Waals surface area contributed by atoms with E-state index >= 15 is 0 Å². The van der Waals surface area contributed by atoms with Gasteiger partial charge in [-0.1, -0.05) is 64.2 Å². The van der Waals surface area contributed by atoms with Crippen LogP contribution in [0.2, 0.25) is 0 Å². The lowest BCUT2D eigenvalue weighted by Crippen LogP contribution is -2.36. The smallest absolute Gasteiger partial charge is 0.000770 e. The van der Waals surface area contributed by atoms with Crippen molar-refractivity contribution < 1.29 is 0 Å². The molecule has 1 saturated carbocycles. The summed E-state index contributed by atoms with van der Waals surface area (Å²) in [5, 5.41) is 3.77. The Labute approximate surface area is 145 Å². The van der Waals surface area contributed by atoms with Crippen molar-refractivity contribution in [2.24, 2.45) is 17.3 Å². The molecule has 0 spiro atoms. The van der Waals surface area contributed by atoms with Gasteiger partial charge in [-0.3, -0.25) is 0 Å². The van der Waals surface area contributed by atoms with E-state index in [0.717, 1.165) is 24.8 Å². The maximum Gasteiger partial charge on any atom is 0.000770 e. The van der Waals surface area contributed by atoms with E-state index in [1.165, 1.54) is 51.5 Å². The van der Waals surface area contributed by atoms with Gasteiger partial charge in [0, 0.05) is 6.54 Å². The van der Waals surface area contributed by atoms with Gasteiger partial charge in [0.15, 0.2) is 0 Å². The molecule has 1 nitrogen and oxygen atoms in total. The monoisotopic (exact) mass is 315 g/mol. The zero-order valence-corrected chi connectivity index (χ0v) is 15.6. The van der Waals surface area contributed by atoms with Gasteiger partial charge in [-0.05, 0) is 62.0 Å². The average Bonchev–Trinajstić information content (AvgIpc) is 2.59. The van der Waals surface area contributed by atoms with Crippen molar-refractivity contribution in [1.82, 2.24) is 5.32 Å². The lowest BCUT2D eigenvalue weighted by Gasteiger charge is -2.37. The minimum absolute atomic E-state index is 0.596. The van der Waals surface area contributed by atoms with Crippen LogP contribution in [0.1, 0.15) is 72.1 Å². The number of hydrogen-bond donors (Lipinski definition) is 1. The summed E-state index contributed by atoms with van der Waals surface area (Å²) < 4.78 is 0. The highest BCUT2D eigenvalue weighted by molar-refractivity contribution is 5.15. The summed E-state index contributed by atoms with van der Waals surface area (Å²) in [7, 11) is 0. The molecule has 1 aliphatic carbocycles. The summed E-state index contributed by atoms with van der Waals surface area (Å²) in [6, 6.07) is 0. The molecular formula is C22H37N. The van der Waals surface area contributed by atoms with Gasteiger partial charge in [-0.15, -0.1) is 6.42 Å². The Kier molecular flexibility index (Phi) is 10.0. The van der Waals surface area contributed by atoms with Crippen LogP contribution < -0.4 is 5.32 Å². The highest BCUT2D eigenvalue weighted by Crippen LogP contribution is 2.38. The van der Waals surface area contributed by atoms with E-state index in [1.54, 1.807) is 6.08 Å². The molecule has 1 heteroatoms. The Hall–Kier alpha value is -1.00. The third kappa shape index (κ3) is 7.89. The van der Waals surface area contributed by atoms with Gasteiger partial charge in [-0.2, -0.15) is 0 Å². The van der Waals surface area contributed by atoms with E-state index in [4.69, 9.17) is 6.42 Å². The first-order chi connectivity index (χ1) is 11.1. The number of nitrogens with one attached hydrogen (secondary N) is 1. The van der Waals surface area contributed by atoms with Crippen LogP contribution in [0.4, 0.5) is 0 Å². The molecule has 23 heavy (non-hydrogen) atoms. The normalized spacial score (nSPS) is 20.6. The van der Waals surface area contributed by atoms with E-state index in [9.17, 15) is 0 Å². The van der Waals surface area contributed by atoms with Gasteiger partial charge in [-0.25, -0.2) is 0 Å². The quantitative estimate of drug-likeness (QED) is 0.308. The molecule has 2 unspecified atom stereocenters. The van der Waals surface area contributed by atoms with Crippen LogP contribution in [0.5, 0.6) is 0 Å². The maximum absolute atomic E-state index is 5.18. The van der Waals surface area contributed by atoms with Crippen molar-refractivity contribution in [1.29, 1.82) is 0 Å². The van der Waals surface area contributed by atoms with E-state index in [0.29, 0.717) is 5.41 Å². The van der Waals surface area contributed by atoms with Gasteiger partial charge < -0.3 is 5.32 Å². The Morgan fingerprint density at radius 2 is 1.87 bits per heavy atom. The van der Waals surface area contributed by atoms with Crippen LogP contribution in [-0.2, 0) is 0 Å². The summed E-state index contributed by atoms with van der Waals surface area (Å²) in [5.41, 5.74) is 0.596. The fourth-order valence-corrected chi connectivity index (χ4v) is 3.64. The zero-order valence-electron chi connectivity index (χ0n) is 15.6. The summed E-state index contributed by atoms with van der Waals surface area (Å²) in [5.74, 6) is 3.99. The van der Waals surface area contributed by atoms with Crippen molar-refractivity contribution in [3.05, 3.63) is 24.3 Å². The molecule has 2 atom stereocenters. The summed E-state index contributed by atoms with van der Waals surface area (Å²) in [6.45, 7) is 9.50. The molecule has 0 aromatic carbocycles. The SMILES string of the molecule is C#C/C=C\C=C/CC(C)C(C)CCNCC1(CC)CCCCC1. The molecule has 130 valence electrons. The third-order valence-electron chi connectivity index (χ3n) is 5.86. The van der Waals surface area contributed by atoms with Crippen LogP contribution >= 0.6 is 0 Å². The number of hydrogen-bond acceptors (Lipinski definition) is 1. The first-order valence-electron chi connectivity index (χ1n) is 9.62. The first kappa shape index (κ1) is 20.0. The molecule has 0 aromatic rings. The Bertz CT molecular complexity index is 393. The minimum Gasteiger partial charge on any atom is -0.316 e. The van der Waals surface area contributed by atoms with Gasteiger partial charge in [0.2, 0.25) is 0 Å². The highest BCUT2D eigenvalue weighted by Gasteiger charge is 2.29. The number of rotatable bonds is 10. The fraction of sp³-hybridized carbons (Fsp3) is 0.727. The number of terminal acetylenes is 1. The Balaban J connectivity index is 2.19. The lowest BCUT2D eigenvalue weighted by atomic mass is 9.72. The minimum atomic E-state index is 0.596. The van der Waals surface area contributed by atoms with E-state index < -0.39 is 0 Å². The topological polar surface area (TPSA) is 12.0 Å². The molecule has 0 amide bonds. The maximum atomic E-state index is 5.18. The first-order valence-corrected chi connectivity index (χ1v) is 9.62. The van der Waals surface area contributed by atoms with Gasteiger partial charge in [0.25, 0.3) is 0 Å². The molecule has 0 bridgehead atoms. The van der Waals surface area contributed by atoms with E-state index in [2.05, 4.69) is 44.2 Å². The van der Waals surface area contributed by atoms with Crippen LogP contribution in [0.25, 0.3) is 0 Å². The standard InChI is InChI=1S/C22H37N/c1-5-7-8-9-11-14-20(3)21(4)15-18-23-19-22(6-2)16-12-10-13-17-22/h1,7-9,11,20-21,23H,6,10,12-19H2,2-4H3/b8-7-,11-9-. The van der Waals surface area contributed by atoms with Crippen LogP contribution in [0.15, 0.2) is 24.3 Å². The summed E-state index contributed by atoms with van der Waals surface area (Å²) >= 11 is 0. The van der Waals surface area contributed by atoms with Gasteiger partial charge >= 0.3 is 0 Å². The number of allylic oxidation sites excluding steroid dienone is 4. The molecular weight excluding hydrogens is 278 g/mol. The molecule has 0 saturated heterocycles. The highest BCUT2D eigenvalue weighted by atomic mass is 14.9. The molecule has 1 rings (SSSR count). The van der Waals surface area contributed by atoms with Crippen molar-refractivity contribution >= 4 is 0 Å². The lowest BCUT2D eigenvalue weighted by molar-refractivity contribution is 0.173. The predicted octanol–water partition coefficient (Wildman–Crippen LogP) is 5.73. The molecule has 1 fully saturated rings. The van der Waals surface area contributed by atoms with Crippen molar-refractivity contribution in [2.45, 2.75) is 72.1 Å². The Morgan fingerprint density at radius 3 is 2.52 bits per heavy atom. The Morgan fingerprint density at radius 1 is 1.13 bits per heavy atom. The van der Waals surface area contributed by atoms with Crippen LogP contribution in [-0.4, -0.2) is 13.1 Å². The van der Waals surface area contributed by atoms with Crippen molar-refractivity contribution in [3.63, 3.8) is 0 Å². The second-order valence-corrected chi connectivity index (χ2v) is 7.52. The molecule has 0 radical (unpaired) electrons. The second-order valence-electron chi connectivity index (χ2n) is 7.52. The largest absolute Gasteiger partial charge is 0.316 e. The molecule has 0 heterocycles. The van der Waals surface area contributed by atoms with Crippen molar-refractivity contribution in [3.8, 4) is 12.3 Å². The molecule has 1 aliphatic rings. The molecule has 0 aliphatic heterocycles. The van der Waals surface area contributed by atoms with E-state index in [1.807, 2.05) is 6.08 Å². The second kappa shape index (κ2) is 11.5. The zero-order chi connectivity index (χ0) is 17.0.